The zero-order valence-corrected chi connectivity index (χ0v) is 30.9. The molecule has 12 heteroatoms. The molecule has 3 saturated heterocycles. The smallest absolute Gasteiger partial charge is 0.322 e. The third-order valence-electron chi connectivity index (χ3n) is 11.6. The Hall–Kier alpha value is -4.68. The fourth-order valence-corrected chi connectivity index (χ4v) is 8.60. The monoisotopic (exact) mass is 723 g/mol. The van der Waals surface area contributed by atoms with Crippen LogP contribution in [0.2, 0.25) is 0 Å². The van der Waals surface area contributed by atoms with Crippen molar-refractivity contribution in [3.05, 3.63) is 77.9 Å². The van der Waals surface area contributed by atoms with Gasteiger partial charge in [-0.2, -0.15) is 0 Å². The van der Waals surface area contributed by atoms with Crippen molar-refractivity contribution in [2.24, 2.45) is 0 Å². The van der Waals surface area contributed by atoms with E-state index in [-0.39, 0.29) is 30.0 Å². The van der Waals surface area contributed by atoms with Crippen LogP contribution in [0.3, 0.4) is 0 Å². The standard InChI is InChI=1S/C41H53N7O5/c1-2-53-38(49)29-44-24-26-45(27-25-44)33-15-19-46(20-16-33)39(50)37(28-32-11-7-10-30-8-3-5-12-35(30)32)43-40(51)47-21-17-34(18-22-47)48-23-14-31-9-4-6-13-36(31)42-41(48)52/h3-13,33-34,37H,2,14-29H2,1H3,(H,42,52)(H,43,51)/t37-/m0/s1. The first kappa shape index (κ1) is 36.7. The first-order chi connectivity index (χ1) is 25.9. The molecule has 2 N–H and O–H groups in total. The van der Waals surface area contributed by atoms with Gasteiger partial charge in [0.25, 0.3) is 0 Å². The van der Waals surface area contributed by atoms with Gasteiger partial charge >= 0.3 is 18.0 Å². The van der Waals surface area contributed by atoms with E-state index >= 15 is 0 Å². The van der Waals surface area contributed by atoms with Crippen LogP contribution in [-0.4, -0.2) is 139 Å². The predicted octanol–water partition coefficient (Wildman–Crippen LogP) is 4.19. The highest BCUT2D eigenvalue weighted by molar-refractivity contribution is 5.92. The summed E-state index contributed by atoms with van der Waals surface area (Å²) in [7, 11) is 0. The normalized spacial score (nSPS) is 20.0. The van der Waals surface area contributed by atoms with Crippen LogP contribution in [0.5, 0.6) is 0 Å². The number of anilines is 1. The Kier molecular flexibility index (Phi) is 11.7. The number of esters is 1. The maximum Gasteiger partial charge on any atom is 0.322 e. The highest BCUT2D eigenvalue weighted by Gasteiger charge is 2.36. The zero-order chi connectivity index (χ0) is 36.7. The molecule has 282 valence electrons. The van der Waals surface area contributed by atoms with Gasteiger partial charge < -0.3 is 30.1 Å². The lowest BCUT2D eigenvalue weighted by atomic mass is 9.96. The van der Waals surface area contributed by atoms with Crippen molar-refractivity contribution in [3.63, 3.8) is 0 Å². The van der Waals surface area contributed by atoms with Crippen LogP contribution in [0.1, 0.15) is 43.7 Å². The van der Waals surface area contributed by atoms with Crippen molar-refractivity contribution in [2.75, 3.05) is 77.4 Å². The van der Waals surface area contributed by atoms with E-state index in [1.807, 2.05) is 53.1 Å². The number of carbonyl (C=O) groups excluding carboxylic acids is 4. The minimum atomic E-state index is -0.705. The summed E-state index contributed by atoms with van der Waals surface area (Å²) in [6.45, 7) is 8.96. The summed E-state index contributed by atoms with van der Waals surface area (Å²) in [5.41, 5.74) is 3.04. The van der Waals surface area contributed by atoms with Crippen LogP contribution in [-0.2, 0) is 27.2 Å². The van der Waals surface area contributed by atoms with E-state index in [0.717, 1.165) is 73.0 Å². The van der Waals surface area contributed by atoms with Crippen molar-refractivity contribution in [1.29, 1.82) is 0 Å². The van der Waals surface area contributed by atoms with Gasteiger partial charge in [-0.05, 0) is 67.0 Å². The number of rotatable bonds is 9. The van der Waals surface area contributed by atoms with Crippen LogP contribution in [0, 0.1) is 0 Å². The summed E-state index contributed by atoms with van der Waals surface area (Å²) >= 11 is 0. The second kappa shape index (κ2) is 17.0. The number of likely N-dealkylation sites (tertiary alicyclic amines) is 2. The van der Waals surface area contributed by atoms with Gasteiger partial charge in [0, 0.05) is 83.1 Å². The molecule has 0 aromatic heterocycles. The first-order valence-corrected chi connectivity index (χ1v) is 19.4. The lowest BCUT2D eigenvalue weighted by Gasteiger charge is -2.43. The van der Waals surface area contributed by atoms with Crippen molar-refractivity contribution in [2.45, 2.75) is 63.6 Å². The van der Waals surface area contributed by atoms with Crippen LogP contribution < -0.4 is 10.6 Å². The average molecular weight is 724 g/mol. The molecule has 3 aromatic rings. The molecule has 3 fully saturated rings. The molecular weight excluding hydrogens is 670 g/mol. The van der Waals surface area contributed by atoms with Crippen molar-refractivity contribution < 1.29 is 23.9 Å². The molecule has 0 saturated carbocycles. The molecule has 0 bridgehead atoms. The van der Waals surface area contributed by atoms with Crippen molar-refractivity contribution in [3.8, 4) is 0 Å². The van der Waals surface area contributed by atoms with E-state index in [1.165, 1.54) is 0 Å². The second-order valence-electron chi connectivity index (χ2n) is 14.8. The number of amides is 5. The number of hydrogen-bond donors (Lipinski definition) is 2. The van der Waals surface area contributed by atoms with Gasteiger partial charge in [-0.1, -0.05) is 60.7 Å². The number of nitrogens with one attached hydrogen (secondary N) is 2. The Morgan fingerprint density at radius 3 is 2.25 bits per heavy atom. The molecule has 12 nitrogen and oxygen atoms in total. The summed E-state index contributed by atoms with van der Waals surface area (Å²) in [4.78, 5) is 63.7. The SMILES string of the molecule is CCOC(=O)CN1CCN(C2CCN(C(=O)[C@H](Cc3cccc4ccccc34)NC(=O)N3CCC(N4CCc5ccccc5NC4=O)CC3)CC2)CC1. The molecule has 0 unspecified atom stereocenters. The molecule has 4 aliphatic heterocycles. The number of para-hydroxylation sites is 1. The first-order valence-electron chi connectivity index (χ1n) is 19.4. The van der Waals surface area contributed by atoms with Crippen LogP contribution in [0.15, 0.2) is 66.7 Å². The highest BCUT2D eigenvalue weighted by Crippen LogP contribution is 2.26. The van der Waals surface area contributed by atoms with E-state index in [1.54, 1.807) is 4.90 Å². The Morgan fingerprint density at radius 2 is 1.47 bits per heavy atom. The van der Waals surface area contributed by atoms with Crippen molar-refractivity contribution in [1.82, 2.24) is 29.8 Å². The summed E-state index contributed by atoms with van der Waals surface area (Å²) in [6.07, 6.45) is 4.31. The van der Waals surface area contributed by atoms with Gasteiger partial charge in [0.05, 0.1) is 13.2 Å². The van der Waals surface area contributed by atoms with Crippen molar-refractivity contribution >= 4 is 40.4 Å². The number of piperidine rings is 2. The summed E-state index contributed by atoms with van der Waals surface area (Å²) in [5.74, 6) is -0.212. The number of hydrogen-bond acceptors (Lipinski definition) is 7. The van der Waals surface area contributed by atoms with Gasteiger partial charge in [0.1, 0.15) is 6.04 Å². The van der Waals surface area contributed by atoms with Gasteiger partial charge in [0.2, 0.25) is 5.91 Å². The topological polar surface area (TPSA) is 118 Å². The maximum absolute atomic E-state index is 14.3. The fraction of sp³-hybridized carbons (Fsp3) is 0.512. The second-order valence-corrected chi connectivity index (χ2v) is 14.8. The Balaban J connectivity index is 0.967. The van der Waals surface area contributed by atoms with Gasteiger partial charge in [-0.25, -0.2) is 9.59 Å². The summed E-state index contributed by atoms with van der Waals surface area (Å²) in [5, 5.41) is 8.44. The van der Waals surface area contributed by atoms with Crippen LogP contribution in [0.4, 0.5) is 15.3 Å². The molecule has 1 atom stereocenters. The molecule has 4 heterocycles. The maximum atomic E-state index is 14.3. The number of carbonyl (C=O) groups is 4. The number of nitrogens with zero attached hydrogens (tertiary/aromatic N) is 5. The molecule has 7 rings (SSSR count). The summed E-state index contributed by atoms with van der Waals surface area (Å²) < 4.78 is 5.13. The number of urea groups is 2. The number of piperazine rings is 1. The quantitative estimate of drug-likeness (QED) is 0.318. The summed E-state index contributed by atoms with van der Waals surface area (Å²) in [6, 6.07) is 21.7. The Labute approximate surface area is 312 Å². The number of ether oxygens (including phenoxy) is 1. The third kappa shape index (κ3) is 8.76. The minimum Gasteiger partial charge on any atom is -0.465 e. The van der Waals surface area contributed by atoms with Crippen LogP contribution >= 0.6 is 0 Å². The fourth-order valence-electron chi connectivity index (χ4n) is 8.60. The molecule has 5 amide bonds. The Bertz CT molecular complexity index is 1760. The minimum absolute atomic E-state index is 0.0420. The van der Waals surface area contributed by atoms with Gasteiger partial charge in [-0.15, -0.1) is 0 Å². The highest BCUT2D eigenvalue weighted by atomic mass is 16.5. The average Bonchev–Trinajstić information content (AvgIpc) is 3.36. The Morgan fingerprint density at radius 1 is 0.792 bits per heavy atom. The van der Waals surface area contributed by atoms with E-state index in [0.29, 0.717) is 71.2 Å². The molecule has 0 radical (unpaired) electrons. The third-order valence-corrected chi connectivity index (χ3v) is 11.6. The molecule has 0 spiro atoms. The number of benzene rings is 3. The number of fused-ring (bicyclic) bond motifs is 2. The van der Waals surface area contributed by atoms with Gasteiger partial charge in [-0.3, -0.25) is 19.4 Å². The van der Waals surface area contributed by atoms with E-state index < -0.39 is 6.04 Å². The van der Waals surface area contributed by atoms with Gasteiger partial charge in [0.15, 0.2) is 0 Å². The largest absolute Gasteiger partial charge is 0.465 e. The lowest BCUT2D eigenvalue weighted by Crippen LogP contribution is -2.58. The molecular formula is C41H53N7O5. The zero-order valence-electron chi connectivity index (χ0n) is 30.9. The lowest BCUT2D eigenvalue weighted by molar-refractivity contribution is -0.145. The van der Waals surface area contributed by atoms with E-state index in [9.17, 15) is 19.2 Å². The van der Waals surface area contributed by atoms with E-state index in [2.05, 4.69) is 50.8 Å². The van der Waals surface area contributed by atoms with E-state index in [4.69, 9.17) is 4.74 Å². The van der Waals surface area contributed by atoms with Crippen LogP contribution in [0.25, 0.3) is 10.8 Å². The predicted molar refractivity (Wildman–Crippen MR) is 205 cm³/mol. The molecule has 0 aliphatic carbocycles. The molecule has 3 aromatic carbocycles. The molecule has 4 aliphatic rings. The molecule has 53 heavy (non-hydrogen) atoms.